The maximum Gasteiger partial charge on any atom is 0.302 e. The van der Waals surface area contributed by atoms with Gasteiger partial charge in [0.2, 0.25) is 0 Å². The van der Waals surface area contributed by atoms with Crippen molar-refractivity contribution >= 4 is 33.5 Å². The van der Waals surface area contributed by atoms with Crippen molar-refractivity contribution < 1.29 is 19.1 Å². The van der Waals surface area contributed by atoms with Gasteiger partial charge in [-0.05, 0) is 38.5 Å². The molecule has 186 valence electrons. The molecule has 0 radical (unpaired) electrons. The van der Waals surface area contributed by atoms with Crippen LogP contribution >= 0.6 is 21.6 Å². The average Bonchev–Trinajstić information content (AvgIpc) is 2.74. The summed E-state index contributed by atoms with van der Waals surface area (Å²) in [5.74, 6) is 1.45. The van der Waals surface area contributed by atoms with Gasteiger partial charge in [-0.1, -0.05) is 85.4 Å². The van der Waals surface area contributed by atoms with Crippen molar-refractivity contribution in [3.8, 4) is 0 Å². The van der Waals surface area contributed by atoms with Gasteiger partial charge < -0.3 is 9.47 Å². The summed E-state index contributed by atoms with van der Waals surface area (Å²) in [6.45, 7) is 7.37. The molecule has 0 aliphatic rings. The van der Waals surface area contributed by atoms with E-state index >= 15 is 0 Å². The number of rotatable bonds is 21. The Morgan fingerprint density at radius 3 is 1.44 bits per heavy atom. The second-order valence-electron chi connectivity index (χ2n) is 8.09. The molecule has 0 heterocycles. The van der Waals surface area contributed by atoms with E-state index < -0.39 is 0 Å². The minimum absolute atomic E-state index is 0.0466. The molecule has 0 N–H and O–H groups in total. The molecule has 0 saturated heterocycles. The number of hydrogen-bond acceptors (Lipinski definition) is 6. The Morgan fingerprint density at radius 1 is 0.688 bits per heavy atom. The molecule has 0 amide bonds. The lowest BCUT2D eigenvalue weighted by atomic mass is 10.1. The predicted octanol–water partition coefficient (Wildman–Crippen LogP) is 8.06. The maximum atomic E-state index is 11.4. The minimum Gasteiger partial charge on any atom is -0.462 e. The highest BCUT2D eigenvalue weighted by Gasteiger charge is 2.12. The van der Waals surface area contributed by atoms with E-state index in [0.717, 1.165) is 50.0 Å². The Bertz CT molecular complexity index is 474. The van der Waals surface area contributed by atoms with Gasteiger partial charge in [0.15, 0.2) is 0 Å². The predicted molar refractivity (Wildman–Crippen MR) is 141 cm³/mol. The molecule has 4 nitrogen and oxygen atoms in total. The van der Waals surface area contributed by atoms with Crippen molar-refractivity contribution in [3.05, 3.63) is 24.3 Å². The fraction of sp³-hybridized carbons (Fsp3) is 0.769. The Balaban J connectivity index is 4.12. The molecule has 6 heteroatoms. The van der Waals surface area contributed by atoms with Crippen molar-refractivity contribution in [2.75, 3.05) is 11.5 Å². The number of allylic oxidation sites excluding steroid dienone is 2. The van der Waals surface area contributed by atoms with E-state index in [9.17, 15) is 9.59 Å². The van der Waals surface area contributed by atoms with Crippen molar-refractivity contribution in [3.63, 3.8) is 0 Å². The summed E-state index contributed by atoms with van der Waals surface area (Å²) >= 11 is 0. The quantitative estimate of drug-likeness (QED) is 0.0707. The molecule has 0 bridgehead atoms. The van der Waals surface area contributed by atoms with Crippen LogP contribution in [0, 0.1) is 0 Å². The van der Waals surface area contributed by atoms with E-state index in [-0.39, 0.29) is 24.1 Å². The molecule has 0 aromatic rings. The highest BCUT2D eigenvalue weighted by molar-refractivity contribution is 8.76. The summed E-state index contributed by atoms with van der Waals surface area (Å²) in [6.07, 6.45) is 21.5. The Hall–Kier alpha value is -0.880. The van der Waals surface area contributed by atoms with Crippen molar-refractivity contribution in [1.29, 1.82) is 0 Å². The lowest BCUT2D eigenvalue weighted by Crippen LogP contribution is -2.17. The van der Waals surface area contributed by atoms with Crippen LogP contribution in [0.5, 0.6) is 0 Å². The van der Waals surface area contributed by atoms with Crippen molar-refractivity contribution in [2.45, 2.75) is 117 Å². The zero-order valence-corrected chi connectivity index (χ0v) is 22.4. The second kappa shape index (κ2) is 23.3. The normalized spacial score (nSPS) is 13.5. The number of carbonyl (C=O) groups excluding carboxylic acids is 2. The minimum atomic E-state index is -0.209. The molecule has 0 fully saturated rings. The van der Waals surface area contributed by atoms with Crippen LogP contribution < -0.4 is 0 Å². The van der Waals surface area contributed by atoms with Gasteiger partial charge in [-0.15, -0.1) is 0 Å². The van der Waals surface area contributed by atoms with Crippen LogP contribution in [0.2, 0.25) is 0 Å². The largest absolute Gasteiger partial charge is 0.462 e. The summed E-state index contributed by atoms with van der Waals surface area (Å²) in [5, 5.41) is 0. The molecule has 0 saturated carbocycles. The third-order valence-electron chi connectivity index (χ3n) is 4.87. The summed E-state index contributed by atoms with van der Waals surface area (Å²) in [7, 11) is 3.60. The van der Waals surface area contributed by atoms with Crippen LogP contribution in [0.3, 0.4) is 0 Å². The Kier molecular flexibility index (Phi) is 22.6. The average molecular weight is 487 g/mol. The molecule has 0 spiro atoms. The highest BCUT2D eigenvalue weighted by Crippen LogP contribution is 2.26. The smallest absolute Gasteiger partial charge is 0.302 e. The van der Waals surface area contributed by atoms with E-state index in [2.05, 4.69) is 38.2 Å². The third-order valence-corrected chi connectivity index (χ3v) is 7.35. The molecule has 0 unspecified atom stereocenters. The molecule has 0 aliphatic heterocycles. The molecule has 0 aromatic heterocycles. The van der Waals surface area contributed by atoms with Crippen LogP contribution in [-0.4, -0.2) is 35.7 Å². The first-order valence-corrected chi connectivity index (χ1v) is 14.9. The van der Waals surface area contributed by atoms with Gasteiger partial charge in [-0.3, -0.25) is 9.59 Å². The molecular formula is C26H46O4S2. The monoisotopic (exact) mass is 486 g/mol. The molecule has 2 atom stereocenters. The van der Waals surface area contributed by atoms with E-state index in [4.69, 9.17) is 9.47 Å². The first-order chi connectivity index (χ1) is 15.5. The van der Waals surface area contributed by atoms with Gasteiger partial charge in [0.05, 0.1) is 0 Å². The van der Waals surface area contributed by atoms with Crippen LogP contribution in [0.1, 0.15) is 105 Å². The third kappa shape index (κ3) is 22.3. The van der Waals surface area contributed by atoms with E-state index in [0.29, 0.717) is 0 Å². The van der Waals surface area contributed by atoms with Gasteiger partial charge >= 0.3 is 11.9 Å². The summed E-state index contributed by atoms with van der Waals surface area (Å²) in [5.41, 5.74) is 0. The molecule has 0 aliphatic carbocycles. The summed E-state index contributed by atoms with van der Waals surface area (Å²) in [4.78, 5) is 22.8. The highest BCUT2D eigenvalue weighted by atomic mass is 33.1. The van der Waals surface area contributed by atoms with E-state index in [1.807, 2.05) is 0 Å². The lowest BCUT2D eigenvalue weighted by Gasteiger charge is -2.16. The van der Waals surface area contributed by atoms with E-state index in [1.54, 1.807) is 21.6 Å². The van der Waals surface area contributed by atoms with Crippen LogP contribution in [0.4, 0.5) is 0 Å². The Labute approximate surface area is 205 Å². The van der Waals surface area contributed by atoms with Gasteiger partial charge in [0, 0.05) is 38.2 Å². The van der Waals surface area contributed by atoms with Crippen LogP contribution in [0.25, 0.3) is 0 Å². The van der Waals surface area contributed by atoms with Gasteiger partial charge in [0.25, 0.3) is 0 Å². The van der Waals surface area contributed by atoms with Crippen LogP contribution in [-0.2, 0) is 19.1 Å². The number of unbranched alkanes of at least 4 members (excludes halogenated alkanes) is 6. The number of hydrogen-bond donors (Lipinski definition) is 0. The summed E-state index contributed by atoms with van der Waals surface area (Å²) in [6, 6.07) is 0. The Morgan fingerprint density at radius 2 is 1.09 bits per heavy atom. The van der Waals surface area contributed by atoms with Crippen molar-refractivity contribution in [1.82, 2.24) is 0 Å². The molecular weight excluding hydrogens is 440 g/mol. The number of ether oxygens (including phenoxy) is 2. The fourth-order valence-electron chi connectivity index (χ4n) is 3.15. The SMILES string of the molecule is CCCCC/C=C\C[C@H](CCSSCC[C@H](C/C=C\CCCCC)OC(C)=O)OC(C)=O. The summed E-state index contributed by atoms with van der Waals surface area (Å²) < 4.78 is 10.9. The number of carbonyl (C=O) groups is 2. The van der Waals surface area contributed by atoms with E-state index in [1.165, 1.54) is 52.4 Å². The fourth-order valence-corrected chi connectivity index (χ4v) is 5.39. The lowest BCUT2D eigenvalue weighted by molar-refractivity contribution is -0.147. The second-order valence-corrected chi connectivity index (χ2v) is 10.8. The van der Waals surface area contributed by atoms with Crippen molar-refractivity contribution in [2.24, 2.45) is 0 Å². The molecule has 0 rings (SSSR count). The van der Waals surface area contributed by atoms with Gasteiger partial charge in [0.1, 0.15) is 12.2 Å². The zero-order chi connectivity index (χ0) is 23.9. The maximum absolute atomic E-state index is 11.4. The first kappa shape index (κ1) is 31.1. The molecule has 0 aromatic carbocycles. The first-order valence-electron chi connectivity index (χ1n) is 12.4. The standard InChI is InChI=1S/C26H46O4S2/c1-5-7-9-11-13-15-17-25(29-23(3)27)19-21-31-32-22-20-26(30-24(4)28)18-16-14-12-10-8-6-2/h13-16,25-26H,5-12,17-22H2,1-4H3/b15-13-,16-14-/t25-,26+. The van der Waals surface area contributed by atoms with Gasteiger partial charge in [-0.25, -0.2) is 0 Å². The zero-order valence-electron chi connectivity index (χ0n) is 20.8. The number of esters is 2. The topological polar surface area (TPSA) is 52.6 Å². The molecule has 32 heavy (non-hydrogen) atoms. The van der Waals surface area contributed by atoms with Gasteiger partial charge in [-0.2, -0.15) is 0 Å². The van der Waals surface area contributed by atoms with Crippen LogP contribution in [0.15, 0.2) is 24.3 Å².